The SMILES string of the molecule is Cc1ccc(-c2cnn3c(NCC4CCOCC4)cc(NCC4(CO)CC4)nc23)cc1C. The van der Waals surface area contributed by atoms with Gasteiger partial charge in [0, 0.05) is 43.3 Å². The number of aromatic nitrogens is 3. The summed E-state index contributed by atoms with van der Waals surface area (Å²) in [7, 11) is 0. The molecular formula is C25H33N5O2. The Morgan fingerprint density at radius 1 is 1.12 bits per heavy atom. The Kier molecular flexibility index (Phi) is 5.78. The number of benzene rings is 1. The van der Waals surface area contributed by atoms with E-state index in [9.17, 15) is 5.11 Å². The zero-order valence-corrected chi connectivity index (χ0v) is 19.0. The predicted molar refractivity (Wildman–Crippen MR) is 127 cm³/mol. The number of aryl methyl sites for hydroxylation is 2. The van der Waals surface area contributed by atoms with Crippen LogP contribution in [-0.2, 0) is 4.74 Å². The first-order valence-corrected chi connectivity index (χ1v) is 11.7. The van der Waals surface area contributed by atoms with E-state index in [0.717, 1.165) is 80.4 Å². The van der Waals surface area contributed by atoms with E-state index in [1.165, 1.54) is 11.1 Å². The monoisotopic (exact) mass is 435 g/mol. The summed E-state index contributed by atoms with van der Waals surface area (Å²) < 4.78 is 7.42. The van der Waals surface area contributed by atoms with Crippen LogP contribution in [0.15, 0.2) is 30.5 Å². The second kappa shape index (κ2) is 8.71. The minimum atomic E-state index is 0.0145. The minimum absolute atomic E-state index is 0.0145. The highest BCUT2D eigenvalue weighted by molar-refractivity contribution is 5.79. The molecule has 2 fully saturated rings. The van der Waals surface area contributed by atoms with Crippen LogP contribution in [-0.4, -0.2) is 52.6 Å². The fourth-order valence-electron chi connectivity index (χ4n) is 4.34. The van der Waals surface area contributed by atoms with Crippen molar-refractivity contribution in [3.8, 4) is 11.1 Å². The van der Waals surface area contributed by atoms with Gasteiger partial charge in [-0.25, -0.2) is 4.98 Å². The lowest BCUT2D eigenvalue weighted by Crippen LogP contribution is -2.24. The molecule has 0 amide bonds. The molecule has 5 rings (SSSR count). The van der Waals surface area contributed by atoms with E-state index in [0.29, 0.717) is 5.92 Å². The lowest BCUT2D eigenvalue weighted by Gasteiger charge is -2.23. The van der Waals surface area contributed by atoms with Crippen molar-refractivity contribution < 1.29 is 9.84 Å². The molecule has 3 heterocycles. The number of hydrogen-bond donors (Lipinski definition) is 3. The molecule has 7 heteroatoms. The number of ether oxygens (including phenoxy) is 1. The molecule has 1 aliphatic heterocycles. The second-order valence-corrected chi connectivity index (χ2v) is 9.57. The van der Waals surface area contributed by atoms with E-state index in [4.69, 9.17) is 9.72 Å². The standard InChI is InChI=1S/C25H33N5O2/c1-17-3-4-20(11-18(17)2)21-14-28-30-23(26-13-19-5-9-32-10-6-19)12-22(29-24(21)30)27-15-25(16-31)7-8-25/h3-4,11-12,14,19,26,31H,5-10,13,15-16H2,1-2H3,(H,27,29). The van der Waals surface area contributed by atoms with Crippen molar-refractivity contribution in [2.24, 2.45) is 11.3 Å². The first-order valence-electron chi connectivity index (χ1n) is 11.7. The van der Waals surface area contributed by atoms with Crippen LogP contribution in [0.3, 0.4) is 0 Å². The van der Waals surface area contributed by atoms with E-state index in [1.54, 1.807) is 0 Å². The lowest BCUT2D eigenvalue weighted by atomic mass is 10.0. The zero-order chi connectivity index (χ0) is 22.1. The second-order valence-electron chi connectivity index (χ2n) is 9.57. The number of rotatable bonds is 8. The Labute approximate surface area is 189 Å². The molecule has 32 heavy (non-hydrogen) atoms. The van der Waals surface area contributed by atoms with E-state index < -0.39 is 0 Å². The maximum Gasteiger partial charge on any atom is 0.167 e. The van der Waals surface area contributed by atoms with Gasteiger partial charge >= 0.3 is 0 Å². The minimum Gasteiger partial charge on any atom is -0.396 e. The van der Waals surface area contributed by atoms with Crippen LogP contribution < -0.4 is 10.6 Å². The lowest BCUT2D eigenvalue weighted by molar-refractivity contribution is 0.0699. The van der Waals surface area contributed by atoms with Gasteiger partial charge in [0.15, 0.2) is 5.65 Å². The van der Waals surface area contributed by atoms with E-state index in [-0.39, 0.29) is 12.0 Å². The van der Waals surface area contributed by atoms with Crippen LogP contribution in [0.1, 0.15) is 36.8 Å². The zero-order valence-electron chi connectivity index (χ0n) is 19.0. The van der Waals surface area contributed by atoms with Crippen LogP contribution in [0, 0.1) is 25.2 Å². The Balaban J connectivity index is 1.48. The summed E-state index contributed by atoms with van der Waals surface area (Å²) in [5.41, 5.74) is 5.53. The van der Waals surface area contributed by atoms with Crippen molar-refractivity contribution in [1.29, 1.82) is 0 Å². The van der Waals surface area contributed by atoms with E-state index in [1.807, 2.05) is 16.8 Å². The number of hydrogen-bond acceptors (Lipinski definition) is 6. The summed E-state index contributed by atoms with van der Waals surface area (Å²) in [6, 6.07) is 8.53. The van der Waals surface area contributed by atoms with Gasteiger partial charge in [0.25, 0.3) is 0 Å². The maximum absolute atomic E-state index is 9.70. The molecule has 0 unspecified atom stereocenters. The van der Waals surface area contributed by atoms with Crippen molar-refractivity contribution >= 4 is 17.3 Å². The summed E-state index contributed by atoms with van der Waals surface area (Å²) in [5.74, 6) is 2.35. The van der Waals surface area contributed by atoms with Gasteiger partial charge in [0.1, 0.15) is 11.6 Å². The summed E-state index contributed by atoms with van der Waals surface area (Å²) in [4.78, 5) is 4.93. The number of nitrogens with zero attached hydrogens (tertiary/aromatic N) is 3. The smallest absolute Gasteiger partial charge is 0.167 e. The predicted octanol–water partition coefficient (Wildman–Crippen LogP) is 4.04. The summed E-state index contributed by atoms with van der Waals surface area (Å²) in [6.45, 7) is 7.79. The molecule has 0 radical (unpaired) electrons. The summed E-state index contributed by atoms with van der Waals surface area (Å²) in [5, 5.41) is 21.5. The Morgan fingerprint density at radius 2 is 1.94 bits per heavy atom. The summed E-state index contributed by atoms with van der Waals surface area (Å²) >= 11 is 0. The Bertz CT molecular complexity index is 1100. The van der Waals surface area contributed by atoms with Crippen LogP contribution in [0.25, 0.3) is 16.8 Å². The van der Waals surface area contributed by atoms with Crippen LogP contribution in [0.5, 0.6) is 0 Å². The van der Waals surface area contributed by atoms with Gasteiger partial charge in [-0.15, -0.1) is 0 Å². The van der Waals surface area contributed by atoms with Gasteiger partial charge in [0.2, 0.25) is 0 Å². The quantitative estimate of drug-likeness (QED) is 0.495. The van der Waals surface area contributed by atoms with Gasteiger partial charge < -0.3 is 20.5 Å². The third kappa shape index (κ3) is 4.32. The van der Waals surface area contributed by atoms with Crippen LogP contribution in [0.2, 0.25) is 0 Å². The molecule has 0 spiro atoms. The number of nitrogens with one attached hydrogen (secondary N) is 2. The normalized spacial score (nSPS) is 18.1. The first kappa shape index (κ1) is 21.2. The molecule has 1 aromatic carbocycles. The first-order chi connectivity index (χ1) is 15.6. The van der Waals surface area contributed by atoms with E-state index >= 15 is 0 Å². The third-order valence-electron chi connectivity index (χ3n) is 7.14. The van der Waals surface area contributed by atoms with Crippen molar-refractivity contribution in [3.05, 3.63) is 41.6 Å². The maximum atomic E-state index is 9.70. The Hall–Kier alpha value is -2.64. The molecule has 1 aliphatic carbocycles. The highest BCUT2D eigenvalue weighted by Crippen LogP contribution is 2.45. The average molecular weight is 436 g/mol. The van der Waals surface area contributed by atoms with Crippen molar-refractivity contribution in [1.82, 2.24) is 14.6 Å². The molecule has 1 saturated heterocycles. The van der Waals surface area contributed by atoms with Gasteiger partial charge in [-0.3, -0.25) is 0 Å². The molecule has 2 aliphatic rings. The molecule has 170 valence electrons. The third-order valence-corrected chi connectivity index (χ3v) is 7.14. The molecular weight excluding hydrogens is 402 g/mol. The highest BCUT2D eigenvalue weighted by atomic mass is 16.5. The molecule has 0 atom stereocenters. The summed E-state index contributed by atoms with van der Waals surface area (Å²) in [6.07, 6.45) is 6.20. The topological polar surface area (TPSA) is 83.7 Å². The fourth-order valence-corrected chi connectivity index (χ4v) is 4.34. The van der Waals surface area contributed by atoms with Crippen molar-refractivity contribution in [3.63, 3.8) is 0 Å². The van der Waals surface area contributed by atoms with Gasteiger partial charge in [-0.05, 0) is 62.1 Å². The van der Waals surface area contributed by atoms with E-state index in [2.05, 4.69) is 47.8 Å². The van der Waals surface area contributed by atoms with Crippen LogP contribution >= 0.6 is 0 Å². The molecule has 7 nitrogen and oxygen atoms in total. The number of aliphatic hydroxyl groups excluding tert-OH is 1. The Morgan fingerprint density at radius 3 is 2.66 bits per heavy atom. The fraction of sp³-hybridized carbons (Fsp3) is 0.520. The number of fused-ring (bicyclic) bond motifs is 1. The number of anilines is 2. The van der Waals surface area contributed by atoms with Crippen molar-refractivity contribution in [2.45, 2.75) is 39.5 Å². The molecule has 2 aromatic heterocycles. The molecule has 3 N–H and O–H groups in total. The molecule has 1 saturated carbocycles. The average Bonchev–Trinajstić information content (AvgIpc) is 3.49. The van der Waals surface area contributed by atoms with Gasteiger partial charge in [-0.2, -0.15) is 9.61 Å². The number of aliphatic hydroxyl groups is 1. The molecule has 0 bridgehead atoms. The highest BCUT2D eigenvalue weighted by Gasteiger charge is 2.41. The van der Waals surface area contributed by atoms with Crippen molar-refractivity contribution in [2.75, 3.05) is 43.5 Å². The van der Waals surface area contributed by atoms with Crippen LogP contribution in [0.4, 0.5) is 11.6 Å². The van der Waals surface area contributed by atoms with Gasteiger partial charge in [-0.1, -0.05) is 18.2 Å². The van der Waals surface area contributed by atoms with Gasteiger partial charge in [0.05, 0.1) is 12.8 Å². The largest absolute Gasteiger partial charge is 0.396 e. The molecule has 3 aromatic rings.